The molecule has 3 aromatic rings. The molecular weight excluding hydrogens is 371 g/mol. The molecule has 7 heteroatoms. The van der Waals surface area contributed by atoms with Crippen LogP contribution in [0, 0.1) is 0 Å². The quantitative estimate of drug-likeness (QED) is 0.749. The van der Waals surface area contributed by atoms with Gasteiger partial charge in [-0.25, -0.2) is 4.98 Å². The van der Waals surface area contributed by atoms with E-state index in [4.69, 9.17) is 28.9 Å². The van der Waals surface area contributed by atoms with Crippen LogP contribution in [0.5, 0.6) is 0 Å². The highest BCUT2D eigenvalue weighted by Crippen LogP contribution is 2.27. The zero-order valence-electron chi connectivity index (χ0n) is 14.0. The Kier molecular flexibility index (Phi) is 4.61. The summed E-state index contributed by atoms with van der Waals surface area (Å²) in [6, 6.07) is 11.7. The highest BCUT2D eigenvalue weighted by atomic mass is 35.5. The maximum Gasteiger partial charge on any atom is 0.228 e. The molecule has 0 saturated carbocycles. The lowest BCUT2D eigenvalue weighted by Gasteiger charge is -2.16. The van der Waals surface area contributed by atoms with E-state index in [0.717, 1.165) is 0 Å². The number of carbonyl (C=O) groups is 1. The fraction of sp³-hybridized carbons (Fsp3) is 0.263. The van der Waals surface area contributed by atoms with Crippen LogP contribution in [0.2, 0.25) is 10.0 Å². The molecule has 0 unspecified atom stereocenters. The Morgan fingerprint density at radius 2 is 1.96 bits per heavy atom. The van der Waals surface area contributed by atoms with E-state index in [1.807, 2.05) is 23.1 Å². The summed E-state index contributed by atoms with van der Waals surface area (Å²) in [6.07, 6.45) is 3.72. The molecule has 1 fully saturated rings. The van der Waals surface area contributed by atoms with Crippen LogP contribution >= 0.6 is 23.2 Å². The number of rotatable bonds is 3. The number of hydrogen-bond acceptors (Lipinski definition) is 3. The van der Waals surface area contributed by atoms with E-state index in [9.17, 15) is 4.79 Å². The van der Waals surface area contributed by atoms with E-state index in [-0.39, 0.29) is 24.3 Å². The summed E-state index contributed by atoms with van der Waals surface area (Å²) in [5.41, 5.74) is 8.71. The lowest BCUT2D eigenvalue weighted by atomic mass is 9.95. The fourth-order valence-corrected chi connectivity index (χ4v) is 4.04. The first kappa shape index (κ1) is 17.3. The molecule has 2 aromatic heterocycles. The van der Waals surface area contributed by atoms with Crippen molar-refractivity contribution in [3.05, 3.63) is 70.1 Å². The molecule has 1 aromatic carbocycles. The van der Waals surface area contributed by atoms with Crippen LogP contribution in [-0.4, -0.2) is 39.3 Å². The molecule has 3 heterocycles. The number of aromatic nitrogens is 2. The summed E-state index contributed by atoms with van der Waals surface area (Å²) in [5, 5.41) is 0.984. The molecular formula is C19H18Cl2N4O. The predicted molar refractivity (Wildman–Crippen MR) is 103 cm³/mol. The van der Waals surface area contributed by atoms with E-state index >= 15 is 0 Å². The minimum atomic E-state index is -0.0596. The van der Waals surface area contributed by atoms with Gasteiger partial charge in [-0.1, -0.05) is 53.5 Å². The molecule has 5 nitrogen and oxygen atoms in total. The zero-order chi connectivity index (χ0) is 18.3. The summed E-state index contributed by atoms with van der Waals surface area (Å²) in [7, 11) is 0. The van der Waals surface area contributed by atoms with Crippen molar-refractivity contribution in [1.82, 2.24) is 14.3 Å². The number of pyridine rings is 1. The van der Waals surface area contributed by atoms with Gasteiger partial charge in [-0.3, -0.25) is 4.79 Å². The first-order valence-corrected chi connectivity index (χ1v) is 9.18. The van der Waals surface area contributed by atoms with Crippen molar-refractivity contribution in [3.63, 3.8) is 0 Å². The second-order valence-corrected chi connectivity index (χ2v) is 7.47. The van der Waals surface area contributed by atoms with E-state index in [1.54, 1.807) is 22.9 Å². The van der Waals surface area contributed by atoms with Gasteiger partial charge in [0.1, 0.15) is 0 Å². The molecule has 1 aliphatic heterocycles. The fourth-order valence-electron chi connectivity index (χ4n) is 3.51. The Labute approximate surface area is 161 Å². The van der Waals surface area contributed by atoms with Crippen LogP contribution in [0.25, 0.3) is 5.65 Å². The molecule has 0 aliphatic carbocycles. The Bertz CT molecular complexity index is 957. The first-order valence-electron chi connectivity index (χ1n) is 8.42. The molecule has 0 radical (unpaired) electrons. The third-order valence-corrected chi connectivity index (χ3v) is 5.29. The number of imidazole rings is 1. The maximum absolute atomic E-state index is 12.7. The van der Waals surface area contributed by atoms with Crippen molar-refractivity contribution in [2.45, 2.75) is 18.4 Å². The number of fused-ring (bicyclic) bond motifs is 1. The van der Waals surface area contributed by atoms with E-state index in [1.165, 1.54) is 5.56 Å². The average Bonchev–Trinajstić information content (AvgIpc) is 3.19. The Hall–Kier alpha value is -2.08. The Morgan fingerprint density at radius 3 is 2.73 bits per heavy atom. The van der Waals surface area contributed by atoms with Gasteiger partial charge >= 0.3 is 0 Å². The lowest BCUT2D eigenvalue weighted by molar-refractivity contribution is -0.129. The number of nitrogens with two attached hydrogens (primary N) is 1. The topological polar surface area (TPSA) is 63.6 Å². The van der Waals surface area contributed by atoms with Gasteiger partial charge in [0.15, 0.2) is 5.65 Å². The Morgan fingerprint density at radius 1 is 1.19 bits per heavy atom. The molecule has 1 aliphatic rings. The van der Waals surface area contributed by atoms with Crippen molar-refractivity contribution in [2.75, 3.05) is 13.1 Å². The number of hydrogen-bond donors (Lipinski definition) is 1. The molecule has 1 saturated heterocycles. The van der Waals surface area contributed by atoms with E-state index in [0.29, 0.717) is 34.5 Å². The number of nitrogens with zero attached hydrogens (tertiary/aromatic N) is 3. The number of carbonyl (C=O) groups excluding carboxylic acids is 1. The van der Waals surface area contributed by atoms with Gasteiger partial charge in [-0.15, -0.1) is 0 Å². The molecule has 26 heavy (non-hydrogen) atoms. The third kappa shape index (κ3) is 3.30. The highest BCUT2D eigenvalue weighted by molar-refractivity contribution is 6.36. The summed E-state index contributed by atoms with van der Waals surface area (Å²) in [6.45, 7) is 1.18. The minimum Gasteiger partial charge on any atom is -0.340 e. The number of amides is 1. The van der Waals surface area contributed by atoms with E-state index in [2.05, 4.69) is 17.1 Å². The monoisotopic (exact) mass is 388 g/mol. The normalized spacial score (nSPS) is 20.0. The predicted octanol–water partition coefficient (Wildman–Crippen LogP) is 3.14. The molecule has 2 atom stereocenters. The van der Waals surface area contributed by atoms with Crippen molar-refractivity contribution < 1.29 is 4.79 Å². The SMILES string of the molecule is N[C@@H]1CN(C(=O)Cc2cn3cc(Cl)cc(Cl)c3n2)C[C@H]1c1ccccc1. The minimum absolute atomic E-state index is 0.0181. The summed E-state index contributed by atoms with van der Waals surface area (Å²) >= 11 is 12.2. The number of likely N-dealkylation sites (tertiary alicyclic amines) is 1. The molecule has 0 bridgehead atoms. The number of benzene rings is 1. The lowest BCUT2D eigenvalue weighted by Crippen LogP contribution is -2.33. The van der Waals surface area contributed by atoms with Crippen LogP contribution < -0.4 is 5.73 Å². The standard InChI is InChI=1S/C19H18Cl2N4O/c20-13-6-16(21)19-23-14(9-25(19)8-13)7-18(26)24-10-15(17(22)11-24)12-4-2-1-3-5-12/h1-6,8-9,15,17H,7,10-11,22H2/t15-,17+/m0/s1. The maximum atomic E-state index is 12.7. The summed E-state index contributed by atoms with van der Waals surface area (Å²) in [4.78, 5) is 19.0. The summed E-state index contributed by atoms with van der Waals surface area (Å²) in [5.74, 6) is 0.180. The van der Waals surface area contributed by atoms with Crippen molar-refractivity contribution in [1.29, 1.82) is 0 Å². The van der Waals surface area contributed by atoms with Gasteiger partial charge in [-0.2, -0.15) is 0 Å². The van der Waals surface area contributed by atoms with Gasteiger partial charge in [0.05, 0.1) is 22.2 Å². The zero-order valence-corrected chi connectivity index (χ0v) is 15.5. The van der Waals surface area contributed by atoms with Gasteiger partial charge in [-0.05, 0) is 11.6 Å². The molecule has 4 rings (SSSR count). The second kappa shape index (κ2) is 6.91. The first-order chi connectivity index (χ1) is 12.5. The molecule has 1 amide bonds. The van der Waals surface area contributed by atoms with Crippen molar-refractivity contribution >= 4 is 34.8 Å². The van der Waals surface area contributed by atoms with Crippen LogP contribution in [0.3, 0.4) is 0 Å². The van der Waals surface area contributed by atoms with Crippen LogP contribution in [-0.2, 0) is 11.2 Å². The van der Waals surface area contributed by atoms with Crippen LogP contribution in [0.1, 0.15) is 17.2 Å². The smallest absolute Gasteiger partial charge is 0.228 e. The third-order valence-electron chi connectivity index (χ3n) is 4.80. The largest absolute Gasteiger partial charge is 0.340 e. The summed E-state index contributed by atoms with van der Waals surface area (Å²) < 4.78 is 1.75. The van der Waals surface area contributed by atoms with Crippen molar-refractivity contribution in [3.8, 4) is 0 Å². The molecule has 2 N–H and O–H groups in total. The highest BCUT2D eigenvalue weighted by Gasteiger charge is 2.33. The van der Waals surface area contributed by atoms with Crippen LogP contribution in [0.15, 0.2) is 48.8 Å². The molecule has 0 spiro atoms. The van der Waals surface area contributed by atoms with Gasteiger partial charge in [0, 0.05) is 37.4 Å². The van der Waals surface area contributed by atoms with Gasteiger partial charge in [0.2, 0.25) is 5.91 Å². The van der Waals surface area contributed by atoms with Crippen LogP contribution in [0.4, 0.5) is 0 Å². The Balaban J connectivity index is 1.50. The number of halogens is 2. The van der Waals surface area contributed by atoms with Gasteiger partial charge in [0.25, 0.3) is 0 Å². The van der Waals surface area contributed by atoms with Gasteiger partial charge < -0.3 is 15.0 Å². The second-order valence-electron chi connectivity index (χ2n) is 6.63. The molecule has 134 valence electrons. The van der Waals surface area contributed by atoms with Crippen molar-refractivity contribution in [2.24, 2.45) is 5.73 Å². The van der Waals surface area contributed by atoms with E-state index < -0.39 is 0 Å². The average molecular weight is 389 g/mol.